The molecule has 1 nitrogen and oxygen atoms in total. The Bertz CT molecular complexity index is 5730. The van der Waals surface area contributed by atoms with E-state index in [1.807, 2.05) is 11.3 Å². The fourth-order valence-electron chi connectivity index (χ4n) is 14.4. The maximum atomic E-state index is 2.44. The standard InChI is InChI=1S/C84H51NS/c1-2-18-53(19-3-1)61-32-16-35-76-82-75(47-46-62(84(82)86-83(61)76)59-23-15-22-56(49-59)57-40-44-68-65-26-5-4-24-63(65)64-25-6-7-28-67(64)77(68)50-57)73-33-17-34-74-78-51-58(41-45-69(78)66-27-8-9-31-72(66)81(73)74)55-21-14-20-54(48-55)52-38-42-60(43-39-52)85-79-36-12-10-29-70(79)71-30-11-13-37-80(71)85/h1-51H. The average Bonchev–Trinajstić information content (AvgIpc) is 1.32. The van der Waals surface area contributed by atoms with Gasteiger partial charge in [-0.3, -0.25) is 0 Å². The summed E-state index contributed by atoms with van der Waals surface area (Å²) in [5, 5.41) is 20.4. The Morgan fingerprint density at radius 3 is 1.19 bits per heavy atom. The fourth-order valence-corrected chi connectivity index (χ4v) is 15.8. The predicted molar refractivity (Wildman–Crippen MR) is 371 cm³/mol. The molecular formula is C84H51NS. The molecule has 18 rings (SSSR count). The van der Waals surface area contributed by atoms with Gasteiger partial charge in [0.25, 0.3) is 0 Å². The maximum Gasteiger partial charge on any atom is 0.0541 e. The minimum atomic E-state index is 1.15. The van der Waals surface area contributed by atoms with Crippen molar-refractivity contribution >= 4 is 118 Å². The van der Waals surface area contributed by atoms with Crippen molar-refractivity contribution in [2.45, 2.75) is 0 Å². The second kappa shape index (κ2) is 19.3. The smallest absolute Gasteiger partial charge is 0.0541 e. The zero-order valence-corrected chi connectivity index (χ0v) is 47.6. The van der Waals surface area contributed by atoms with E-state index in [4.69, 9.17) is 0 Å². The first-order valence-electron chi connectivity index (χ1n) is 29.7. The number of thiophene rings is 1. The van der Waals surface area contributed by atoms with Crippen molar-refractivity contribution in [2.24, 2.45) is 0 Å². The second-order valence-corrected chi connectivity index (χ2v) is 24.0. The number of hydrogen-bond acceptors (Lipinski definition) is 1. The molecule has 0 aliphatic rings. The van der Waals surface area contributed by atoms with Crippen molar-refractivity contribution in [3.63, 3.8) is 0 Å². The van der Waals surface area contributed by atoms with Crippen LogP contribution in [0.1, 0.15) is 0 Å². The van der Waals surface area contributed by atoms with Crippen LogP contribution in [0.25, 0.3) is 179 Å². The molecule has 0 N–H and O–H groups in total. The van der Waals surface area contributed by atoms with Gasteiger partial charge in [-0.15, -0.1) is 11.3 Å². The number of rotatable bonds is 7. The van der Waals surface area contributed by atoms with Gasteiger partial charge in [0, 0.05) is 36.6 Å². The lowest BCUT2D eigenvalue weighted by atomic mass is 9.86. The molecule has 16 aromatic carbocycles. The van der Waals surface area contributed by atoms with Crippen LogP contribution < -0.4 is 0 Å². The van der Waals surface area contributed by atoms with Gasteiger partial charge in [-0.2, -0.15) is 0 Å². The number of aromatic nitrogens is 1. The molecule has 2 heteroatoms. The quantitative estimate of drug-likeness (QED) is 0.140. The van der Waals surface area contributed by atoms with Gasteiger partial charge in [-0.25, -0.2) is 0 Å². The summed E-state index contributed by atoms with van der Waals surface area (Å²) in [6, 6.07) is 115. The summed E-state index contributed by atoms with van der Waals surface area (Å²) in [7, 11) is 0. The van der Waals surface area contributed by atoms with Gasteiger partial charge in [0.2, 0.25) is 0 Å². The Kier molecular flexibility index (Phi) is 10.9. The lowest BCUT2D eigenvalue weighted by molar-refractivity contribution is 1.18. The number of benzene rings is 16. The van der Waals surface area contributed by atoms with Crippen LogP contribution in [-0.4, -0.2) is 4.57 Å². The van der Waals surface area contributed by atoms with E-state index in [0.29, 0.717) is 0 Å². The van der Waals surface area contributed by atoms with Crippen LogP contribution in [0.15, 0.2) is 309 Å². The Morgan fingerprint density at radius 1 is 0.186 bits per heavy atom. The molecule has 0 unspecified atom stereocenters. The molecule has 2 aromatic heterocycles. The minimum absolute atomic E-state index is 1.15. The van der Waals surface area contributed by atoms with Crippen LogP contribution >= 0.6 is 11.3 Å². The molecule has 0 bridgehead atoms. The average molecular weight is 1110 g/mol. The van der Waals surface area contributed by atoms with E-state index in [2.05, 4.69) is 314 Å². The summed E-state index contributed by atoms with van der Waals surface area (Å²) < 4.78 is 4.98. The summed E-state index contributed by atoms with van der Waals surface area (Å²) in [5.74, 6) is 0. The van der Waals surface area contributed by atoms with E-state index >= 15 is 0 Å². The SMILES string of the molecule is c1ccc(-c2cccc3c2sc2c(-c4cccc(-c5ccc6c7ccccc7c7ccccc7c6c5)c4)ccc(-c4cccc5c6cc(-c7cccc(-c8ccc(-n9c%10ccccc%10c%10ccccc%109)cc8)c7)ccc6c6ccccc6c45)c23)cc1. The Balaban J connectivity index is 0.789. The third-order valence-corrected chi connectivity index (χ3v) is 19.6. The van der Waals surface area contributed by atoms with Crippen molar-refractivity contribution in [3.05, 3.63) is 309 Å². The van der Waals surface area contributed by atoms with Crippen LogP contribution in [0.3, 0.4) is 0 Å². The molecule has 398 valence electrons. The van der Waals surface area contributed by atoms with E-state index in [0.717, 1.165) is 5.69 Å². The summed E-state index contributed by atoms with van der Waals surface area (Å²) in [5.41, 5.74) is 18.2. The summed E-state index contributed by atoms with van der Waals surface area (Å²) in [6.45, 7) is 0. The number of hydrogen-bond donors (Lipinski definition) is 0. The van der Waals surface area contributed by atoms with E-state index in [1.165, 1.54) is 173 Å². The lowest BCUT2D eigenvalue weighted by Gasteiger charge is -2.17. The van der Waals surface area contributed by atoms with Crippen molar-refractivity contribution < 1.29 is 0 Å². The highest BCUT2D eigenvalue weighted by atomic mass is 32.1. The van der Waals surface area contributed by atoms with Crippen LogP contribution in [0.2, 0.25) is 0 Å². The molecule has 0 fully saturated rings. The minimum Gasteiger partial charge on any atom is -0.309 e. The van der Waals surface area contributed by atoms with Gasteiger partial charge in [-0.05, 0) is 180 Å². The molecule has 0 aliphatic heterocycles. The van der Waals surface area contributed by atoms with Crippen molar-refractivity contribution in [1.29, 1.82) is 0 Å². The van der Waals surface area contributed by atoms with Crippen LogP contribution in [-0.2, 0) is 0 Å². The lowest BCUT2D eigenvalue weighted by Crippen LogP contribution is -1.93. The van der Waals surface area contributed by atoms with Crippen molar-refractivity contribution in [3.8, 4) is 72.4 Å². The molecule has 0 saturated heterocycles. The molecule has 18 aromatic rings. The fraction of sp³-hybridized carbons (Fsp3) is 0. The highest BCUT2D eigenvalue weighted by Crippen LogP contribution is 2.51. The second-order valence-electron chi connectivity index (χ2n) is 23.0. The van der Waals surface area contributed by atoms with E-state index in [9.17, 15) is 0 Å². The number of para-hydroxylation sites is 2. The molecule has 0 radical (unpaired) electrons. The van der Waals surface area contributed by atoms with Crippen LogP contribution in [0.5, 0.6) is 0 Å². The summed E-state index contributed by atoms with van der Waals surface area (Å²) in [4.78, 5) is 0. The first-order valence-corrected chi connectivity index (χ1v) is 30.5. The first kappa shape index (κ1) is 48.6. The maximum absolute atomic E-state index is 2.44. The molecule has 0 amide bonds. The van der Waals surface area contributed by atoms with E-state index in [-0.39, 0.29) is 0 Å². The Hall–Kier alpha value is -10.9. The van der Waals surface area contributed by atoms with Gasteiger partial charge in [0.15, 0.2) is 0 Å². The molecular weight excluding hydrogens is 1050 g/mol. The van der Waals surface area contributed by atoms with Gasteiger partial charge < -0.3 is 4.57 Å². The topological polar surface area (TPSA) is 4.93 Å². The Morgan fingerprint density at radius 2 is 0.558 bits per heavy atom. The summed E-state index contributed by atoms with van der Waals surface area (Å²) >= 11 is 1.93. The molecule has 0 saturated carbocycles. The third-order valence-electron chi connectivity index (χ3n) is 18.4. The first-order chi connectivity index (χ1) is 42.7. The monoisotopic (exact) mass is 1110 g/mol. The highest BCUT2D eigenvalue weighted by Gasteiger charge is 2.22. The largest absolute Gasteiger partial charge is 0.309 e. The molecule has 0 aliphatic carbocycles. The Labute approximate surface area is 501 Å². The zero-order valence-electron chi connectivity index (χ0n) is 46.8. The van der Waals surface area contributed by atoms with Gasteiger partial charge in [0.05, 0.1) is 11.0 Å². The number of nitrogens with zero attached hydrogens (tertiary/aromatic N) is 1. The summed E-state index contributed by atoms with van der Waals surface area (Å²) in [6.07, 6.45) is 0. The third kappa shape index (κ3) is 7.50. The highest BCUT2D eigenvalue weighted by molar-refractivity contribution is 7.27. The van der Waals surface area contributed by atoms with Gasteiger partial charge in [-0.1, -0.05) is 261 Å². The van der Waals surface area contributed by atoms with E-state index in [1.54, 1.807) is 0 Å². The molecule has 2 heterocycles. The zero-order chi connectivity index (χ0) is 56.4. The van der Waals surface area contributed by atoms with Crippen molar-refractivity contribution in [2.75, 3.05) is 0 Å². The predicted octanol–water partition coefficient (Wildman–Crippen LogP) is 24.1. The molecule has 86 heavy (non-hydrogen) atoms. The molecule has 0 atom stereocenters. The van der Waals surface area contributed by atoms with Gasteiger partial charge in [0.1, 0.15) is 0 Å². The normalized spacial score (nSPS) is 12.0. The van der Waals surface area contributed by atoms with Crippen molar-refractivity contribution in [1.82, 2.24) is 4.57 Å². The van der Waals surface area contributed by atoms with Crippen LogP contribution in [0, 0.1) is 0 Å². The number of fused-ring (bicyclic) bond motifs is 18. The molecule has 0 spiro atoms. The van der Waals surface area contributed by atoms with E-state index < -0.39 is 0 Å². The van der Waals surface area contributed by atoms with Gasteiger partial charge >= 0.3 is 0 Å². The van der Waals surface area contributed by atoms with Crippen LogP contribution in [0.4, 0.5) is 0 Å².